The Morgan fingerprint density at radius 3 is 2.55 bits per heavy atom. The topological polar surface area (TPSA) is 56.0 Å². The Balaban J connectivity index is 2.18. The first-order chi connectivity index (χ1) is 9.77. The van der Waals surface area contributed by atoms with E-state index in [0.717, 1.165) is 21.7 Å². The summed E-state index contributed by atoms with van der Waals surface area (Å²) in [6.45, 7) is 0. The number of benzene rings is 1. The Hall–Kier alpha value is -2.46. The summed E-state index contributed by atoms with van der Waals surface area (Å²) in [5, 5.41) is 2.00. The van der Waals surface area contributed by atoms with Gasteiger partial charge in [0, 0.05) is 17.3 Å². The molecule has 0 fully saturated rings. The number of pyridine rings is 1. The summed E-state index contributed by atoms with van der Waals surface area (Å²) in [5.41, 5.74) is 8.73. The molecule has 98 valence electrons. The van der Waals surface area contributed by atoms with Crippen molar-refractivity contribution in [2.75, 3.05) is 0 Å². The van der Waals surface area contributed by atoms with Crippen LogP contribution in [0.5, 0.6) is 0 Å². The first kappa shape index (κ1) is 12.6. The van der Waals surface area contributed by atoms with E-state index in [9.17, 15) is 4.79 Å². The third kappa shape index (κ3) is 2.21. The molecule has 0 saturated heterocycles. The number of thiophene rings is 1. The zero-order valence-electron chi connectivity index (χ0n) is 10.6. The van der Waals surface area contributed by atoms with E-state index in [1.165, 1.54) is 0 Å². The van der Waals surface area contributed by atoms with Crippen LogP contribution in [0.2, 0.25) is 0 Å². The lowest BCUT2D eigenvalue weighted by molar-refractivity contribution is 0.100. The fourth-order valence-corrected chi connectivity index (χ4v) is 3.04. The number of hydrogen-bond donors (Lipinski definition) is 1. The monoisotopic (exact) mass is 280 g/mol. The molecule has 1 aromatic carbocycles. The lowest BCUT2D eigenvalue weighted by Gasteiger charge is -2.07. The minimum absolute atomic E-state index is 0.418. The van der Waals surface area contributed by atoms with Gasteiger partial charge in [-0.2, -0.15) is 0 Å². The van der Waals surface area contributed by atoms with Crippen LogP contribution in [0.3, 0.4) is 0 Å². The predicted molar refractivity (Wildman–Crippen MR) is 81.5 cm³/mol. The van der Waals surface area contributed by atoms with Gasteiger partial charge in [0.1, 0.15) is 0 Å². The molecule has 0 saturated carbocycles. The fraction of sp³-hybridized carbons (Fsp3) is 0. The molecule has 0 bridgehead atoms. The van der Waals surface area contributed by atoms with Gasteiger partial charge in [-0.05, 0) is 35.2 Å². The van der Waals surface area contributed by atoms with Gasteiger partial charge in [0.25, 0.3) is 0 Å². The molecule has 2 N–H and O–H groups in total. The number of aromatic nitrogens is 1. The van der Waals surface area contributed by atoms with Crippen LogP contribution in [0.15, 0.2) is 60.1 Å². The Morgan fingerprint density at radius 2 is 1.80 bits per heavy atom. The fourth-order valence-electron chi connectivity index (χ4n) is 2.15. The van der Waals surface area contributed by atoms with Crippen molar-refractivity contribution in [2.45, 2.75) is 0 Å². The van der Waals surface area contributed by atoms with Crippen LogP contribution in [0, 0.1) is 0 Å². The highest BCUT2D eigenvalue weighted by Crippen LogP contribution is 2.37. The van der Waals surface area contributed by atoms with E-state index in [-0.39, 0.29) is 0 Å². The normalized spacial score (nSPS) is 10.4. The number of primary amides is 1. The van der Waals surface area contributed by atoms with Crippen LogP contribution >= 0.6 is 11.3 Å². The number of amides is 1. The zero-order valence-corrected chi connectivity index (χ0v) is 11.4. The second-order valence-electron chi connectivity index (χ2n) is 4.29. The Labute approximate surface area is 120 Å². The van der Waals surface area contributed by atoms with Gasteiger partial charge in [-0.3, -0.25) is 9.78 Å². The molecule has 0 unspecified atom stereocenters. The number of nitrogens with zero attached hydrogens (tertiary/aromatic N) is 1. The maximum Gasteiger partial charge on any atom is 0.249 e. The first-order valence-corrected chi connectivity index (χ1v) is 7.03. The molecule has 20 heavy (non-hydrogen) atoms. The Kier molecular flexibility index (Phi) is 3.31. The highest BCUT2D eigenvalue weighted by molar-refractivity contribution is 7.14. The highest BCUT2D eigenvalue weighted by atomic mass is 32.1. The third-order valence-electron chi connectivity index (χ3n) is 3.05. The number of carbonyl (C=O) groups excluding carboxylic acids is 1. The van der Waals surface area contributed by atoms with Crippen LogP contribution in [-0.2, 0) is 0 Å². The lowest BCUT2D eigenvalue weighted by atomic mass is 9.99. The van der Waals surface area contributed by atoms with Crippen molar-refractivity contribution in [3.63, 3.8) is 0 Å². The van der Waals surface area contributed by atoms with Gasteiger partial charge in [-0.25, -0.2) is 0 Å². The summed E-state index contributed by atoms with van der Waals surface area (Å²) in [6.07, 6.45) is 1.76. The summed E-state index contributed by atoms with van der Waals surface area (Å²) in [6, 6.07) is 15.2. The van der Waals surface area contributed by atoms with Crippen LogP contribution in [0.1, 0.15) is 10.4 Å². The molecule has 0 spiro atoms. The minimum Gasteiger partial charge on any atom is -0.366 e. The lowest BCUT2D eigenvalue weighted by Crippen LogP contribution is -2.12. The van der Waals surface area contributed by atoms with E-state index >= 15 is 0 Å². The molecule has 0 aliphatic carbocycles. The van der Waals surface area contributed by atoms with Crippen LogP contribution < -0.4 is 5.73 Å². The molecule has 0 aliphatic rings. The summed E-state index contributed by atoms with van der Waals surface area (Å²) < 4.78 is 0. The molecule has 0 aliphatic heterocycles. The molecule has 2 aromatic heterocycles. The van der Waals surface area contributed by atoms with Crippen LogP contribution in [-0.4, -0.2) is 10.9 Å². The average molecular weight is 280 g/mol. The Morgan fingerprint density at radius 1 is 1.00 bits per heavy atom. The van der Waals surface area contributed by atoms with Gasteiger partial charge in [-0.15, -0.1) is 11.3 Å². The molecule has 2 heterocycles. The number of hydrogen-bond acceptors (Lipinski definition) is 3. The number of nitrogens with two attached hydrogens (primary N) is 1. The molecule has 3 rings (SSSR count). The molecular formula is C16H12N2OS. The maximum atomic E-state index is 11.6. The van der Waals surface area contributed by atoms with Crippen molar-refractivity contribution in [2.24, 2.45) is 5.73 Å². The van der Waals surface area contributed by atoms with Crippen LogP contribution in [0.25, 0.3) is 21.7 Å². The summed E-state index contributed by atoms with van der Waals surface area (Å²) >= 11 is 1.60. The average Bonchev–Trinajstić information content (AvgIpc) is 2.97. The standard InChI is InChI=1S/C16H12N2OS/c17-16(19)13-6-2-1-5-11(13)12-8-10-20-15(12)14-7-3-4-9-18-14/h1-10H,(H2,17,19). The zero-order chi connectivity index (χ0) is 13.9. The van der Waals surface area contributed by atoms with Gasteiger partial charge in [0.05, 0.1) is 10.6 Å². The van der Waals surface area contributed by atoms with Gasteiger partial charge >= 0.3 is 0 Å². The number of rotatable bonds is 3. The van der Waals surface area contributed by atoms with Crippen molar-refractivity contribution in [1.82, 2.24) is 4.98 Å². The first-order valence-electron chi connectivity index (χ1n) is 6.15. The second-order valence-corrected chi connectivity index (χ2v) is 5.20. The van der Waals surface area contributed by atoms with E-state index in [4.69, 9.17) is 5.73 Å². The quantitative estimate of drug-likeness (QED) is 0.797. The Bertz CT molecular complexity index is 750. The summed E-state index contributed by atoms with van der Waals surface area (Å²) in [5.74, 6) is -0.418. The van der Waals surface area contributed by atoms with Crippen LogP contribution in [0.4, 0.5) is 0 Å². The molecule has 0 atom stereocenters. The SMILES string of the molecule is NC(=O)c1ccccc1-c1ccsc1-c1ccccn1. The van der Waals surface area contributed by atoms with Gasteiger partial charge in [0.2, 0.25) is 5.91 Å². The van der Waals surface area contributed by atoms with Crippen molar-refractivity contribution in [3.8, 4) is 21.7 Å². The van der Waals surface area contributed by atoms with Crippen molar-refractivity contribution in [3.05, 3.63) is 65.7 Å². The smallest absolute Gasteiger partial charge is 0.249 e. The predicted octanol–water partition coefficient (Wildman–Crippen LogP) is 3.58. The molecular weight excluding hydrogens is 268 g/mol. The van der Waals surface area contributed by atoms with Crippen molar-refractivity contribution < 1.29 is 4.79 Å². The summed E-state index contributed by atoms with van der Waals surface area (Å²) in [7, 11) is 0. The maximum absolute atomic E-state index is 11.6. The van der Waals surface area contributed by atoms with E-state index < -0.39 is 5.91 Å². The van der Waals surface area contributed by atoms with Gasteiger partial charge in [-0.1, -0.05) is 24.3 Å². The van der Waals surface area contributed by atoms with E-state index in [2.05, 4.69) is 4.98 Å². The molecule has 3 aromatic rings. The van der Waals surface area contributed by atoms with E-state index in [0.29, 0.717) is 5.56 Å². The molecule has 1 amide bonds. The highest BCUT2D eigenvalue weighted by Gasteiger charge is 2.15. The molecule has 0 radical (unpaired) electrons. The van der Waals surface area contributed by atoms with Crippen molar-refractivity contribution in [1.29, 1.82) is 0 Å². The third-order valence-corrected chi connectivity index (χ3v) is 3.98. The minimum atomic E-state index is -0.418. The second kappa shape index (κ2) is 5.27. The number of carbonyl (C=O) groups is 1. The van der Waals surface area contributed by atoms with Gasteiger partial charge in [0.15, 0.2) is 0 Å². The largest absolute Gasteiger partial charge is 0.366 e. The van der Waals surface area contributed by atoms with Crippen molar-refractivity contribution >= 4 is 17.2 Å². The van der Waals surface area contributed by atoms with Gasteiger partial charge < -0.3 is 5.73 Å². The summed E-state index contributed by atoms with van der Waals surface area (Å²) in [4.78, 5) is 17.0. The van der Waals surface area contributed by atoms with E-state index in [1.807, 2.05) is 47.8 Å². The van der Waals surface area contributed by atoms with E-state index in [1.54, 1.807) is 23.6 Å². The molecule has 3 nitrogen and oxygen atoms in total. The molecule has 4 heteroatoms.